The zero-order chi connectivity index (χ0) is 22.6. The Morgan fingerprint density at radius 3 is 2.58 bits per heavy atom. The molecule has 0 bridgehead atoms. The number of halogens is 2. The van der Waals surface area contributed by atoms with Crippen molar-refractivity contribution >= 4 is 49.7 Å². The van der Waals surface area contributed by atoms with E-state index in [0.29, 0.717) is 5.13 Å². The van der Waals surface area contributed by atoms with Crippen molar-refractivity contribution < 1.29 is 17.6 Å². The average molecular weight is 483 g/mol. The molecule has 1 aromatic heterocycles. The number of unbranched alkanes of at least 4 members (excludes halogenated alkanes) is 1. The van der Waals surface area contributed by atoms with Crippen molar-refractivity contribution in [2.75, 3.05) is 16.7 Å². The number of anilines is 2. The van der Waals surface area contributed by atoms with Gasteiger partial charge in [0, 0.05) is 13.5 Å². The number of aromatic nitrogens is 2. The molecule has 164 valence electrons. The molecule has 7 nitrogen and oxygen atoms in total. The fourth-order valence-electron chi connectivity index (χ4n) is 2.68. The summed E-state index contributed by atoms with van der Waals surface area (Å²) in [7, 11) is -2.67. The number of nitrogens with zero attached hydrogens (tertiary/aromatic N) is 3. The summed E-state index contributed by atoms with van der Waals surface area (Å²) < 4.78 is 40.2. The van der Waals surface area contributed by atoms with Crippen LogP contribution in [-0.2, 0) is 16.4 Å². The number of carbonyl (C=O) groups is 1. The van der Waals surface area contributed by atoms with E-state index in [0.717, 1.165) is 28.6 Å². The number of nitrogens with one attached hydrogen (secondary N) is 1. The number of hydrogen-bond donors (Lipinski definition) is 1. The second kappa shape index (κ2) is 9.71. The van der Waals surface area contributed by atoms with Gasteiger partial charge in [-0.1, -0.05) is 36.3 Å². The Hall–Kier alpha value is -2.56. The molecule has 3 aromatic rings. The third-order valence-corrected chi connectivity index (χ3v) is 7.47. The molecule has 0 aliphatic carbocycles. The van der Waals surface area contributed by atoms with Crippen molar-refractivity contribution in [1.82, 2.24) is 10.2 Å². The number of aryl methyl sites for hydroxylation is 1. The number of carbonyl (C=O) groups excluding carboxylic acids is 1. The molecule has 0 atom stereocenters. The topological polar surface area (TPSA) is 92.3 Å². The summed E-state index contributed by atoms with van der Waals surface area (Å²) >= 11 is 7.41. The fourth-order valence-corrected chi connectivity index (χ4v) is 4.89. The minimum atomic E-state index is -4.01. The van der Waals surface area contributed by atoms with Crippen molar-refractivity contribution in [3.8, 4) is 0 Å². The molecule has 3 rings (SSSR count). The van der Waals surface area contributed by atoms with E-state index in [2.05, 4.69) is 22.4 Å². The molecule has 0 aliphatic rings. The fraction of sp³-hybridized carbons (Fsp3) is 0.250. The molecule has 1 amide bonds. The predicted molar refractivity (Wildman–Crippen MR) is 120 cm³/mol. The van der Waals surface area contributed by atoms with E-state index in [1.54, 1.807) is 0 Å². The lowest BCUT2D eigenvalue weighted by atomic mass is 10.2. The second-order valence-corrected chi connectivity index (χ2v) is 10.1. The van der Waals surface area contributed by atoms with Crippen LogP contribution in [0.2, 0.25) is 5.02 Å². The monoisotopic (exact) mass is 482 g/mol. The lowest BCUT2D eigenvalue weighted by Crippen LogP contribution is -2.27. The number of rotatable bonds is 8. The molecular formula is C20H20ClFN4O3S2. The van der Waals surface area contributed by atoms with E-state index in [-0.39, 0.29) is 21.2 Å². The maximum absolute atomic E-state index is 13.2. The summed E-state index contributed by atoms with van der Waals surface area (Å²) in [5, 5.41) is 11.8. The van der Waals surface area contributed by atoms with Crippen molar-refractivity contribution in [1.29, 1.82) is 0 Å². The minimum absolute atomic E-state index is 0.0134. The molecule has 1 N–H and O–H groups in total. The van der Waals surface area contributed by atoms with Gasteiger partial charge in [0.15, 0.2) is 0 Å². The van der Waals surface area contributed by atoms with Gasteiger partial charge in [-0.05, 0) is 48.9 Å². The van der Waals surface area contributed by atoms with E-state index in [4.69, 9.17) is 11.6 Å². The Morgan fingerprint density at radius 1 is 1.19 bits per heavy atom. The van der Waals surface area contributed by atoms with Gasteiger partial charge in [0.25, 0.3) is 15.9 Å². The average Bonchev–Trinajstić information content (AvgIpc) is 3.19. The predicted octanol–water partition coefficient (Wildman–Crippen LogP) is 4.75. The summed E-state index contributed by atoms with van der Waals surface area (Å²) in [6.45, 7) is 2.07. The molecular weight excluding hydrogens is 463 g/mol. The van der Waals surface area contributed by atoms with Crippen LogP contribution >= 0.6 is 22.9 Å². The summed E-state index contributed by atoms with van der Waals surface area (Å²) in [5.74, 6) is -1.07. The first-order valence-electron chi connectivity index (χ1n) is 9.40. The van der Waals surface area contributed by atoms with Gasteiger partial charge in [-0.15, -0.1) is 10.2 Å². The molecule has 11 heteroatoms. The van der Waals surface area contributed by atoms with E-state index < -0.39 is 21.7 Å². The Kier molecular flexibility index (Phi) is 7.24. The molecule has 0 unspecified atom stereocenters. The first kappa shape index (κ1) is 23.1. The SMILES string of the molecule is CCCCc1nnc(NC(=O)c2cc(S(=O)(=O)N(C)c3ccc(F)cc3)ccc2Cl)s1. The number of hydrogen-bond acceptors (Lipinski definition) is 6. The molecule has 0 spiro atoms. The minimum Gasteiger partial charge on any atom is -0.296 e. The van der Waals surface area contributed by atoms with Crippen LogP contribution in [0.5, 0.6) is 0 Å². The normalized spacial score (nSPS) is 11.4. The van der Waals surface area contributed by atoms with Crippen LogP contribution in [0.3, 0.4) is 0 Å². The van der Waals surface area contributed by atoms with Crippen LogP contribution in [0.4, 0.5) is 15.2 Å². The van der Waals surface area contributed by atoms with Gasteiger partial charge in [-0.25, -0.2) is 12.8 Å². The zero-order valence-electron chi connectivity index (χ0n) is 16.8. The highest BCUT2D eigenvalue weighted by Crippen LogP contribution is 2.27. The van der Waals surface area contributed by atoms with Crippen molar-refractivity contribution in [2.45, 2.75) is 31.1 Å². The Labute approximate surface area is 188 Å². The van der Waals surface area contributed by atoms with Gasteiger partial charge in [-0.3, -0.25) is 14.4 Å². The molecule has 0 aliphatic heterocycles. The van der Waals surface area contributed by atoms with Gasteiger partial charge in [0.05, 0.1) is 21.2 Å². The molecule has 31 heavy (non-hydrogen) atoms. The van der Waals surface area contributed by atoms with E-state index in [1.807, 2.05) is 0 Å². The van der Waals surface area contributed by atoms with Gasteiger partial charge in [0.1, 0.15) is 10.8 Å². The van der Waals surface area contributed by atoms with Crippen molar-refractivity contribution in [3.05, 3.63) is 63.9 Å². The third-order valence-electron chi connectivity index (χ3n) is 4.46. The van der Waals surface area contributed by atoms with Gasteiger partial charge in [-0.2, -0.15) is 0 Å². The lowest BCUT2D eigenvalue weighted by molar-refractivity contribution is 0.102. The standard InChI is InChI=1S/C20H20ClFN4O3S2/c1-3-4-5-18-24-25-20(30-18)23-19(27)16-12-15(10-11-17(16)21)31(28,29)26(2)14-8-6-13(22)7-9-14/h6-12H,3-5H2,1-2H3,(H,23,25,27). The van der Waals surface area contributed by atoms with E-state index in [1.165, 1.54) is 60.8 Å². The smallest absolute Gasteiger partial charge is 0.264 e. The quantitative estimate of drug-likeness (QED) is 0.500. The number of amides is 1. The van der Waals surface area contributed by atoms with Crippen LogP contribution < -0.4 is 9.62 Å². The highest BCUT2D eigenvalue weighted by molar-refractivity contribution is 7.92. The summed E-state index contributed by atoms with van der Waals surface area (Å²) in [6.07, 6.45) is 2.76. The Balaban J connectivity index is 1.84. The molecule has 0 saturated carbocycles. The van der Waals surface area contributed by atoms with E-state index in [9.17, 15) is 17.6 Å². The zero-order valence-corrected chi connectivity index (χ0v) is 19.2. The number of sulfonamides is 1. The largest absolute Gasteiger partial charge is 0.296 e. The van der Waals surface area contributed by atoms with Gasteiger partial charge >= 0.3 is 0 Å². The lowest BCUT2D eigenvalue weighted by Gasteiger charge is -2.20. The molecule has 0 saturated heterocycles. The molecule has 1 heterocycles. The first-order chi connectivity index (χ1) is 14.7. The highest BCUT2D eigenvalue weighted by Gasteiger charge is 2.24. The molecule has 2 aromatic carbocycles. The first-order valence-corrected chi connectivity index (χ1v) is 12.0. The summed E-state index contributed by atoms with van der Waals surface area (Å²) in [5.41, 5.74) is 0.261. The Bertz CT molecular complexity index is 1180. The maximum Gasteiger partial charge on any atom is 0.264 e. The van der Waals surface area contributed by atoms with Gasteiger partial charge in [0.2, 0.25) is 5.13 Å². The van der Waals surface area contributed by atoms with Crippen molar-refractivity contribution in [2.24, 2.45) is 0 Å². The van der Waals surface area contributed by atoms with Crippen LogP contribution in [0, 0.1) is 5.82 Å². The van der Waals surface area contributed by atoms with Crippen molar-refractivity contribution in [3.63, 3.8) is 0 Å². The number of benzene rings is 2. The highest BCUT2D eigenvalue weighted by atomic mass is 35.5. The molecule has 0 fully saturated rings. The van der Waals surface area contributed by atoms with Crippen LogP contribution in [0.1, 0.15) is 35.1 Å². The van der Waals surface area contributed by atoms with E-state index >= 15 is 0 Å². The molecule has 0 radical (unpaired) electrons. The summed E-state index contributed by atoms with van der Waals surface area (Å²) in [4.78, 5) is 12.6. The van der Waals surface area contributed by atoms with Crippen LogP contribution in [0.15, 0.2) is 47.4 Å². The van der Waals surface area contributed by atoms with Crippen LogP contribution in [0.25, 0.3) is 0 Å². The second-order valence-electron chi connectivity index (χ2n) is 6.65. The third kappa shape index (κ3) is 5.38. The summed E-state index contributed by atoms with van der Waals surface area (Å²) in [6, 6.07) is 8.88. The maximum atomic E-state index is 13.2. The van der Waals surface area contributed by atoms with Gasteiger partial charge < -0.3 is 0 Å². The van der Waals surface area contributed by atoms with Crippen LogP contribution in [-0.4, -0.2) is 31.6 Å². The Morgan fingerprint density at radius 2 is 1.90 bits per heavy atom.